The molecule has 5 amide bonds. The van der Waals surface area contributed by atoms with Crippen LogP contribution in [0, 0.1) is 0 Å². The fourth-order valence-corrected chi connectivity index (χ4v) is 5.01. The van der Waals surface area contributed by atoms with E-state index in [4.69, 9.17) is 23.2 Å². The van der Waals surface area contributed by atoms with Gasteiger partial charge in [0.1, 0.15) is 0 Å². The minimum absolute atomic E-state index is 0.0229. The van der Waals surface area contributed by atoms with Gasteiger partial charge in [0.15, 0.2) is 0 Å². The van der Waals surface area contributed by atoms with Gasteiger partial charge in [0.2, 0.25) is 5.91 Å². The van der Waals surface area contributed by atoms with Gasteiger partial charge < -0.3 is 4.90 Å². The zero-order valence-electron chi connectivity index (χ0n) is 18.1. The van der Waals surface area contributed by atoms with Gasteiger partial charge >= 0.3 is 6.03 Å². The molecule has 0 aromatic heterocycles. The fourth-order valence-electron chi connectivity index (χ4n) is 4.48. The van der Waals surface area contributed by atoms with E-state index < -0.39 is 23.8 Å². The number of carbonyl (C=O) groups is 4. The maximum Gasteiger partial charge on any atom is 0.343 e. The lowest BCUT2D eigenvalue weighted by molar-refractivity contribution is -0.122. The number of carbonyl (C=O) groups excluding carboxylic acids is 4. The number of fused-ring (bicyclic) bond motifs is 1. The molecule has 3 heterocycles. The smallest absolute Gasteiger partial charge is 0.343 e. The number of urea groups is 1. The minimum Gasteiger partial charge on any atom is -0.368 e. The van der Waals surface area contributed by atoms with Crippen molar-refractivity contribution in [2.75, 3.05) is 37.6 Å². The summed E-state index contributed by atoms with van der Waals surface area (Å²) >= 11 is 12.3. The zero-order chi connectivity index (χ0) is 24.0. The molecule has 3 aliphatic rings. The number of piperazine rings is 1. The van der Waals surface area contributed by atoms with E-state index in [0.29, 0.717) is 16.6 Å². The zero-order valence-corrected chi connectivity index (χ0v) is 19.6. The van der Waals surface area contributed by atoms with Crippen LogP contribution in [-0.4, -0.2) is 71.4 Å². The van der Waals surface area contributed by atoms with Crippen molar-refractivity contribution < 1.29 is 19.2 Å². The highest BCUT2D eigenvalue weighted by atomic mass is 35.5. The number of rotatable bonds is 4. The first-order chi connectivity index (χ1) is 16.3. The molecule has 0 aliphatic carbocycles. The van der Waals surface area contributed by atoms with Crippen LogP contribution in [0.5, 0.6) is 0 Å². The largest absolute Gasteiger partial charge is 0.368 e. The van der Waals surface area contributed by atoms with Crippen LogP contribution >= 0.6 is 23.2 Å². The Balaban J connectivity index is 1.25. The molecule has 0 spiro atoms. The summed E-state index contributed by atoms with van der Waals surface area (Å²) in [6.45, 7) is 3.79. The van der Waals surface area contributed by atoms with Crippen LogP contribution in [0.15, 0.2) is 36.4 Å². The molecule has 0 bridgehead atoms. The Bertz CT molecular complexity index is 1210. The number of hydrazine groups is 1. The van der Waals surface area contributed by atoms with Gasteiger partial charge in [0, 0.05) is 44.2 Å². The second-order valence-electron chi connectivity index (χ2n) is 8.39. The maximum atomic E-state index is 13.0. The average Bonchev–Trinajstić information content (AvgIpc) is 3.04. The number of benzene rings is 2. The van der Waals surface area contributed by atoms with Gasteiger partial charge in [-0.25, -0.2) is 9.80 Å². The summed E-state index contributed by atoms with van der Waals surface area (Å²) in [5.41, 5.74) is 2.37. The number of halogens is 2. The Labute approximate surface area is 205 Å². The molecular weight excluding hydrogens is 481 g/mol. The number of imide groups is 2. The lowest BCUT2D eigenvalue weighted by Gasteiger charge is -2.36. The fraction of sp³-hybridized carbons (Fsp3) is 0.304. The summed E-state index contributed by atoms with van der Waals surface area (Å²) in [5.74, 6) is -1.56. The summed E-state index contributed by atoms with van der Waals surface area (Å²) < 4.78 is 0. The summed E-state index contributed by atoms with van der Waals surface area (Å²) in [5, 5.41) is 5.18. The highest BCUT2D eigenvalue weighted by Gasteiger charge is 2.43. The summed E-state index contributed by atoms with van der Waals surface area (Å²) in [7, 11) is 0. The second-order valence-corrected chi connectivity index (χ2v) is 9.23. The van der Waals surface area contributed by atoms with E-state index in [1.165, 1.54) is 0 Å². The van der Waals surface area contributed by atoms with E-state index in [2.05, 4.69) is 15.1 Å². The standard InChI is InChI=1S/C23H21Cl2N5O4/c24-15-2-4-19(18(25)12-15)28-9-7-27(8-10-28)13-14-1-3-16-17(11-14)22(33)30(21(16)32)29-6-5-20(31)26-23(29)34/h1-4,11-12H,5-10,13H2,(H,26,31,34). The SMILES string of the molecule is O=C1CCN(N2C(=O)c3ccc(CN4CCN(c5ccc(Cl)cc5Cl)CC4)cc3C2=O)C(=O)N1. The number of nitrogens with zero attached hydrogens (tertiary/aromatic N) is 4. The molecule has 176 valence electrons. The van der Waals surface area contributed by atoms with Gasteiger partial charge in [-0.15, -0.1) is 0 Å². The third-order valence-electron chi connectivity index (χ3n) is 6.23. The summed E-state index contributed by atoms with van der Waals surface area (Å²) in [4.78, 5) is 53.9. The molecule has 1 N–H and O–H groups in total. The molecule has 9 nitrogen and oxygen atoms in total. The molecule has 0 unspecified atom stereocenters. The van der Waals surface area contributed by atoms with Crippen molar-refractivity contribution in [3.05, 3.63) is 63.1 Å². The van der Waals surface area contributed by atoms with Crippen LogP contribution in [0.1, 0.15) is 32.7 Å². The maximum absolute atomic E-state index is 13.0. The number of hydrogen-bond acceptors (Lipinski definition) is 6. The topological polar surface area (TPSA) is 93.3 Å². The molecule has 2 fully saturated rings. The first-order valence-corrected chi connectivity index (χ1v) is 11.6. The van der Waals surface area contributed by atoms with Crippen LogP contribution in [0.2, 0.25) is 10.0 Å². The first-order valence-electron chi connectivity index (χ1n) is 10.9. The van der Waals surface area contributed by atoms with Crippen molar-refractivity contribution in [2.45, 2.75) is 13.0 Å². The Morgan fingerprint density at radius 2 is 1.56 bits per heavy atom. The first kappa shape index (κ1) is 22.6. The molecule has 11 heteroatoms. The molecule has 2 aromatic carbocycles. The monoisotopic (exact) mass is 501 g/mol. The Kier molecular flexibility index (Phi) is 5.93. The van der Waals surface area contributed by atoms with Gasteiger partial charge in [-0.05, 0) is 35.9 Å². The van der Waals surface area contributed by atoms with Gasteiger partial charge in [-0.3, -0.25) is 24.6 Å². The lowest BCUT2D eigenvalue weighted by atomic mass is 10.1. The van der Waals surface area contributed by atoms with Crippen LogP contribution in [-0.2, 0) is 11.3 Å². The van der Waals surface area contributed by atoms with E-state index in [1.54, 1.807) is 18.2 Å². The molecule has 0 atom stereocenters. The van der Waals surface area contributed by atoms with Gasteiger partial charge in [-0.1, -0.05) is 29.3 Å². The minimum atomic E-state index is -0.773. The normalized spacial score (nSPS) is 19.1. The molecule has 2 saturated heterocycles. The lowest BCUT2D eigenvalue weighted by Crippen LogP contribution is -2.58. The van der Waals surface area contributed by atoms with Crippen LogP contribution in [0.3, 0.4) is 0 Å². The van der Waals surface area contributed by atoms with E-state index in [1.807, 2.05) is 18.2 Å². The molecule has 0 saturated carbocycles. The van der Waals surface area contributed by atoms with Crippen LogP contribution in [0.25, 0.3) is 0 Å². The molecule has 2 aromatic rings. The number of anilines is 1. The quantitative estimate of drug-likeness (QED) is 0.647. The highest BCUT2D eigenvalue weighted by Crippen LogP contribution is 2.30. The van der Waals surface area contributed by atoms with E-state index >= 15 is 0 Å². The van der Waals surface area contributed by atoms with Gasteiger partial charge in [0.05, 0.1) is 28.4 Å². The predicted molar refractivity (Wildman–Crippen MR) is 126 cm³/mol. The second kappa shape index (κ2) is 8.90. The van der Waals surface area contributed by atoms with Gasteiger partial charge in [-0.2, -0.15) is 5.01 Å². The van der Waals surface area contributed by atoms with Crippen LogP contribution < -0.4 is 10.2 Å². The predicted octanol–water partition coefficient (Wildman–Crippen LogP) is 2.77. The summed E-state index contributed by atoms with van der Waals surface area (Å²) in [6, 6.07) is 9.88. The Morgan fingerprint density at radius 3 is 2.26 bits per heavy atom. The number of hydrogen-bond donors (Lipinski definition) is 1. The molecule has 5 rings (SSSR count). The van der Waals surface area contributed by atoms with Crippen molar-refractivity contribution in [1.29, 1.82) is 0 Å². The van der Waals surface area contributed by atoms with Crippen LogP contribution in [0.4, 0.5) is 10.5 Å². The number of amides is 5. The molecule has 3 aliphatic heterocycles. The molecular formula is C23H21Cl2N5O4. The van der Waals surface area contributed by atoms with E-state index in [9.17, 15) is 19.2 Å². The molecule has 34 heavy (non-hydrogen) atoms. The molecule has 0 radical (unpaired) electrons. The highest BCUT2D eigenvalue weighted by molar-refractivity contribution is 6.36. The Hall–Kier alpha value is -3.14. The van der Waals surface area contributed by atoms with Crippen molar-refractivity contribution in [2.24, 2.45) is 0 Å². The third kappa shape index (κ3) is 4.11. The van der Waals surface area contributed by atoms with E-state index in [-0.39, 0.29) is 24.1 Å². The van der Waals surface area contributed by atoms with Crippen molar-refractivity contribution in [1.82, 2.24) is 20.2 Å². The summed E-state index contributed by atoms with van der Waals surface area (Å²) in [6.07, 6.45) is 0.0254. The van der Waals surface area contributed by atoms with Crippen molar-refractivity contribution in [3.63, 3.8) is 0 Å². The third-order valence-corrected chi connectivity index (χ3v) is 6.77. The number of nitrogens with one attached hydrogen (secondary N) is 1. The Morgan fingerprint density at radius 1 is 0.824 bits per heavy atom. The van der Waals surface area contributed by atoms with Gasteiger partial charge in [0.25, 0.3) is 11.8 Å². The van der Waals surface area contributed by atoms with Crippen molar-refractivity contribution in [3.8, 4) is 0 Å². The average molecular weight is 502 g/mol. The van der Waals surface area contributed by atoms with E-state index in [0.717, 1.165) is 47.4 Å². The van der Waals surface area contributed by atoms with Crippen molar-refractivity contribution >= 4 is 52.6 Å².